The van der Waals surface area contributed by atoms with E-state index in [1.54, 1.807) is 24.3 Å². The van der Waals surface area contributed by atoms with E-state index in [2.05, 4.69) is 9.72 Å². The maximum atomic E-state index is 12.3. The molecule has 0 bridgehead atoms. The SMILES string of the molecule is O=C(O)c1cnc(-c2cccc(Cl)c2)cc1Oc1ccc(OC(F)(F)F)cc1Cl. The standard InChI is InChI=1S/C19H10Cl2F3NO4/c20-11-3-1-2-10(6-11)15-8-17(13(9-25-15)18(26)27)28-16-5-4-12(7-14(16)21)29-19(22,23)24/h1-9H,(H,26,27). The number of halogens is 5. The number of carbonyl (C=O) groups is 1. The molecule has 0 radical (unpaired) electrons. The molecule has 0 saturated carbocycles. The Morgan fingerprint density at radius 1 is 1.03 bits per heavy atom. The molecule has 0 spiro atoms. The van der Waals surface area contributed by atoms with Crippen molar-refractivity contribution in [1.82, 2.24) is 4.98 Å². The molecule has 29 heavy (non-hydrogen) atoms. The number of hydrogen-bond donors (Lipinski definition) is 1. The van der Waals surface area contributed by atoms with Gasteiger partial charge in [-0.25, -0.2) is 4.79 Å². The second-order valence-corrected chi connectivity index (χ2v) is 6.47. The number of alkyl halides is 3. The second-order valence-electron chi connectivity index (χ2n) is 5.62. The van der Waals surface area contributed by atoms with Crippen molar-refractivity contribution in [2.24, 2.45) is 0 Å². The summed E-state index contributed by atoms with van der Waals surface area (Å²) in [6, 6.07) is 11.1. The first kappa shape index (κ1) is 20.8. The van der Waals surface area contributed by atoms with E-state index >= 15 is 0 Å². The number of ether oxygens (including phenoxy) is 2. The van der Waals surface area contributed by atoms with Crippen LogP contribution in [0.1, 0.15) is 10.4 Å². The average Bonchev–Trinajstić information content (AvgIpc) is 2.62. The minimum Gasteiger partial charge on any atom is -0.477 e. The number of benzene rings is 2. The molecule has 1 heterocycles. The molecule has 5 nitrogen and oxygen atoms in total. The van der Waals surface area contributed by atoms with Gasteiger partial charge in [0.05, 0.1) is 10.7 Å². The van der Waals surface area contributed by atoms with Gasteiger partial charge in [-0.05, 0) is 24.3 Å². The van der Waals surface area contributed by atoms with Crippen LogP contribution in [0.4, 0.5) is 13.2 Å². The Bertz CT molecular complexity index is 1070. The van der Waals surface area contributed by atoms with Crippen LogP contribution in [0.15, 0.2) is 54.7 Å². The predicted octanol–water partition coefficient (Wildman–Crippen LogP) is 6.44. The van der Waals surface area contributed by atoms with Gasteiger partial charge in [-0.15, -0.1) is 13.2 Å². The summed E-state index contributed by atoms with van der Waals surface area (Å²) in [6.07, 6.45) is -3.78. The number of nitrogens with zero attached hydrogens (tertiary/aromatic N) is 1. The molecule has 0 aliphatic carbocycles. The van der Waals surface area contributed by atoms with Crippen LogP contribution in [0.3, 0.4) is 0 Å². The first-order valence-electron chi connectivity index (χ1n) is 7.85. The lowest BCUT2D eigenvalue weighted by atomic mass is 10.1. The minimum absolute atomic E-state index is 0.0630. The van der Waals surface area contributed by atoms with E-state index in [9.17, 15) is 23.1 Å². The van der Waals surface area contributed by atoms with Crippen LogP contribution in [0, 0.1) is 0 Å². The van der Waals surface area contributed by atoms with Crippen molar-refractivity contribution in [1.29, 1.82) is 0 Å². The molecule has 10 heteroatoms. The molecule has 0 fully saturated rings. The van der Waals surface area contributed by atoms with E-state index in [-0.39, 0.29) is 22.1 Å². The zero-order valence-corrected chi connectivity index (χ0v) is 15.7. The van der Waals surface area contributed by atoms with Gasteiger partial charge < -0.3 is 14.6 Å². The molecule has 0 aliphatic rings. The Labute approximate surface area is 172 Å². The first-order valence-corrected chi connectivity index (χ1v) is 8.60. The van der Waals surface area contributed by atoms with Crippen molar-refractivity contribution < 1.29 is 32.5 Å². The topological polar surface area (TPSA) is 68.7 Å². The third-order valence-corrected chi connectivity index (χ3v) is 4.10. The lowest BCUT2D eigenvalue weighted by Crippen LogP contribution is -2.17. The van der Waals surface area contributed by atoms with E-state index in [1.165, 1.54) is 6.07 Å². The van der Waals surface area contributed by atoms with Gasteiger partial charge in [-0.1, -0.05) is 35.3 Å². The van der Waals surface area contributed by atoms with Crippen molar-refractivity contribution in [2.75, 3.05) is 0 Å². The molecule has 0 aliphatic heterocycles. The van der Waals surface area contributed by atoms with Crippen molar-refractivity contribution in [3.05, 3.63) is 70.3 Å². The normalized spacial score (nSPS) is 11.2. The number of rotatable bonds is 5. The highest BCUT2D eigenvalue weighted by Crippen LogP contribution is 2.36. The van der Waals surface area contributed by atoms with E-state index in [0.29, 0.717) is 16.3 Å². The van der Waals surface area contributed by atoms with Crippen LogP contribution < -0.4 is 9.47 Å². The van der Waals surface area contributed by atoms with Gasteiger partial charge in [0.2, 0.25) is 0 Å². The molecule has 3 aromatic rings. The van der Waals surface area contributed by atoms with Gasteiger partial charge in [-0.3, -0.25) is 4.98 Å². The Morgan fingerprint density at radius 3 is 2.41 bits per heavy atom. The van der Waals surface area contributed by atoms with Gasteiger partial charge >= 0.3 is 12.3 Å². The molecule has 0 amide bonds. The second kappa shape index (κ2) is 8.18. The number of pyridine rings is 1. The Morgan fingerprint density at radius 2 is 1.79 bits per heavy atom. The zero-order chi connectivity index (χ0) is 21.2. The minimum atomic E-state index is -4.88. The van der Waals surface area contributed by atoms with E-state index in [1.807, 2.05) is 0 Å². The van der Waals surface area contributed by atoms with Crippen LogP contribution >= 0.6 is 23.2 Å². The third-order valence-electron chi connectivity index (χ3n) is 3.57. The fourth-order valence-electron chi connectivity index (χ4n) is 2.37. The maximum absolute atomic E-state index is 12.3. The van der Waals surface area contributed by atoms with Crippen LogP contribution in [-0.4, -0.2) is 22.4 Å². The van der Waals surface area contributed by atoms with E-state index in [0.717, 1.165) is 24.4 Å². The Hall–Kier alpha value is -2.97. The summed E-state index contributed by atoms with van der Waals surface area (Å²) < 4.78 is 46.3. The van der Waals surface area contributed by atoms with E-state index in [4.69, 9.17) is 27.9 Å². The summed E-state index contributed by atoms with van der Waals surface area (Å²) in [7, 11) is 0. The number of carboxylic acids is 1. The smallest absolute Gasteiger partial charge is 0.477 e. The quantitative estimate of drug-likeness (QED) is 0.490. The first-order chi connectivity index (χ1) is 13.6. The maximum Gasteiger partial charge on any atom is 0.573 e. The van der Waals surface area contributed by atoms with Crippen molar-refractivity contribution in [2.45, 2.75) is 6.36 Å². The molecule has 1 aromatic heterocycles. The van der Waals surface area contributed by atoms with Crippen LogP contribution in [-0.2, 0) is 0 Å². The monoisotopic (exact) mass is 443 g/mol. The number of aromatic carboxylic acids is 1. The van der Waals surface area contributed by atoms with Crippen LogP contribution in [0.5, 0.6) is 17.2 Å². The predicted molar refractivity (Wildman–Crippen MR) is 99.9 cm³/mol. The lowest BCUT2D eigenvalue weighted by molar-refractivity contribution is -0.274. The summed E-state index contributed by atoms with van der Waals surface area (Å²) in [5.41, 5.74) is 0.724. The van der Waals surface area contributed by atoms with Gasteiger partial charge in [0.1, 0.15) is 22.8 Å². The largest absolute Gasteiger partial charge is 0.573 e. The Kier molecular flexibility index (Phi) is 5.86. The summed E-state index contributed by atoms with van der Waals surface area (Å²) in [4.78, 5) is 15.6. The summed E-state index contributed by atoms with van der Waals surface area (Å²) in [5, 5.41) is 9.62. The summed E-state index contributed by atoms with van der Waals surface area (Å²) >= 11 is 11.9. The van der Waals surface area contributed by atoms with Gasteiger partial charge in [-0.2, -0.15) is 0 Å². The average molecular weight is 444 g/mol. The molecular weight excluding hydrogens is 434 g/mol. The van der Waals surface area contributed by atoms with E-state index < -0.39 is 18.1 Å². The number of carboxylic acid groups (broad SMARTS) is 1. The molecule has 150 valence electrons. The molecule has 0 atom stereocenters. The molecule has 0 saturated heterocycles. The lowest BCUT2D eigenvalue weighted by Gasteiger charge is -2.13. The molecule has 2 aromatic carbocycles. The van der Waals surface area contributed by atoms with Crippen LogP contribution in [0.25, 0.3) is 11.3 Å². The number of hydrogen-bond acceptors (Lipinski definition) is 4. The molecule has 3 rings (SSSR count). The van der Waals surface area contributed by atoms with Gasteiger partial charge in [0.25, 0.3) is 0 Å². The highest BCUT2D eigenvalue weighted by molar-refractivity contribution is 6.32. The fourth-order valence-corrected chi connectivity index (χ4v) is 2.77. The molecule has 1 N–H and O–H groups in total. The van der Waals surface area contributed by atoms with Crippen molar-refractivity contribution >= 4 is 29.2 Å². The highest BCUT2D eigenvalue weighted by Gasteiger charge is 2.31. The van der Waals surface area contributed by atoms with Gasteiger partial charge in [0, 0.05) is 28.9 Å². The molecular formula is C19H10Cl2F3NO4. The van der Waals surface area contributed by atoms with Crippen molar-refractivity contribution in [3.8, 4) is 28.5 Å². The third kappa shape index (κ3) is 5.30. The van der Waals surface area contributed by atoms with Crippen LogP contribution in [0.2, 0.25) is 10.0 Å². The summed E-state index contributed by atoms with van der Waals surface area (Å²) in [6.45, 7) is 0. The Balaban J connectivity index is 1.97. The van der Waals surface area contributed by atoms with Crippen molar-refractivity contribution in [3.63, 3.8) is 0 Å². The molecule has 0 unspecified atom stereocenters. The summed E-state index contributed by atoms with van der Waals surface area (Å²) in [5.74, 6) is -2.01. The number of aromatic nitrogens is 1. The van der Waals surface area contributed by atoms with Gasteiger partial charge in [0.15, 0.2) is 0 Å². The fraction of sp³-hybridized carbons (Fsp3) is 0.0526. The highest BCUT2D eigenvalue weighted by atomic mass is 35.5. The zero-order valence-electron chi connectivity index (χ0n) is 14.2.